The van der Waals surface area contributed by atoms with Crippen molar-refractivity contribution in [2.24, 2.45) is 0 Å². The Morgan fingerprint density at radius 3 is 2.71 bits per heavy atom. The molecule has 3 rings (SSSR count). The summed E-state index contributed by atoms with van der Waals surface area (Å²) in [6, 6.07) is 18.9. The molecule has 2 N–H and O–H groups in total. The Morgan fingerprint density at radius 2 is 1.88 bits per heavy atom. The molecule has 1 heterocycles. The molecule has 0 fully saturated rings. The van der Waals surface area contributed by atoms with E-state index in [1.165, 1.54) is 16.3 Å². The molecule has 0 amide bonds. The highest BCUT2D eigenvalue weighted by atomic mass is 32.1. The third-order valence-electron chi connectivity index (χ3n) is 3.94. The number of hydrogen-bond donors (Lipinski definition) is 2. The first-order valence-electron chi connectivity index (χ1n) is 8.16. The highest BCUT2D eigenvalue weighted by Crippen LogP contribution is 2.19. The number of pyridine rings is 1. The Kier molecular flexibility index (Phi) is 5.39. The van der Waals surface area contributed by atoms with Gasteiger partial charge in [0.1, 0.15) is 5.82 Å². The average Bonchev–Trinajstić information content (AvgIpc) is 2.61. The lowest BCUT2D eigenvalue weighted by atomic mass is 10.0. The number of aryl methyl sites for hydroxylation is 2. The number of nitrogens with zero attached hydrogens (tertiary/aromatic N) is 1. The van der Waals surface area contributed by atoms with Gasteiger partial charge in [-0.1, -0.05) is 48.5 Å². The Balaban J connectivity index is 1.48. The van der Waals surface area contributed by atoms with Gasteiger partial charge in [-0.3, -0.25) is 0 Å². The number of fused-ring (bicyclic) bond motifs is 1. The summed E-state index contributed by atoms with van der Waals surface area (Å²) in [6.45, 7) is 2.85. The monoisotopic (exact) mass is 335 g/mol. The van der Waals surface area contributed by atoms with Gasteiger partial charge < -0.3 is 10.6 Å². The number of hydrogen-bond acceptors (Lipinski definition) is 2. The SMILES string of the molecule is Cc1ccc(NC(=S)NCCCc2cccc3ccccc23)nc1. The minimum atomic E-state index is 0.615. The Labute approximate surface area is 148 Å². The normalized spacial score (nSPS) is 10.5. The van der Waals surface area contributed by atoms with Crippen molar-refractivity contribution < 1.29 is 0 Å². The van der Waals surface area contributed by atoms with Crippen LogP contribution in [0.4, 0.5) is 5.82 Å². The molecule has 0 aliphatic rings. The first kappa shape index (κ1) is 16.4. The van der Waals surface area contributed by atoms with E-state index < -0.39 is 0 Å². The van der Waals surface area contributed by atoms with Crippen LogP contribution in [0.1, 0.15) is 17.5 Å². The third kappa shape index (κ3) is 4.30. The second-order valence-corrected chi connectivity index (χ2v) is 6.25. The van der Waals surface area contributed by atoms with E-state index in [1.807, 2.05) is 25.3 Å². The number of thiocarbonyl (C=S) groups is 1. The van der Waals surface area contributed by atoms with Crippen LogP contribution in [0.25, 0.3) is 10.8 Å². The number of rotatable bonds is 5. The first-order chi connectivity index (χ1) is 11.7. The molecule has 0 atom stereocenters. The van der Waals surface area contributed by atoms with E-state index in [0.29, 0.717) is 5.11 Å². The van der Waals surface area contributed by atoms with E-state index in [-0.39, 0.29) is 0 Å². The van der Waals surface area contributed by atoms with Crippen LogP contribution in [-0.4, -0.2) is 16.6 Å². The lowest BCUT2D eigenvalue weighted by Gasteiger charge is -2.11. The van der Waals surface area contributed by atoms with Crippen molar-refractivity contribution in [3.63, 3.8) is 0 Å². The smallest absolute Gasteiger partial charge is 0.171 e. The summed E-state index contributed by atoms with van der Waals surface area (Å²) < 4.78 is 0. The van der Waals surface area contributed by atoms with Crippen molar-refractivity contribution in [3.8, 4) is 0 Å². The van der Waals surface area contributed by atoms with E-state index in [1.54, 1.807) is 0 Å². The zero-order valence-corrected chi connectivity index (χ0v) is 14.6. The summed E-state index contributed by atoms with van der Waals surface area (Å²) in [7, 11) is 0. The molecule has 0 saturated carbocycles. The lowest BCUT2D eigenvalue weighted by Crippen LogP contribution is -2.29. The van der Waals surface area contributed by atoms with Gasteiger partial charge in [0.2, 0.25) is 0 Å². The zero-order chi connectivity index (χ0) is 16.8. The van der Waals surface area contributed by atoms with E-state index >= 15 is 0 Å². The average molecular weight is 335 g/mol. The zero-order valence-electron chi connectivity index (χ0n) is 13.8. The second kappa shape index (κ2) is 7.88. The van der Waals surface area contributed by atoms with Crippen LogP contribution in [0.15, 0.2) is 60.8 Å². The molecular formula is C20H21N3S. The molecule has 2 aromatic carbocycles. The minimum absolute atomic E-state index is 0.615. The van der Waals surface area contributed by atoms with Crippen LogP contribution in [0.3, 0.4) is 0 Å². The fourth-order valence-corrected chi connectivity index (χ4v) is 2.90. The molecule has 0 spiro atoms. The standard InChI is InChI=1S/C20H21N3S/c1-15-11-12-19(22-14-15)23-20(24)21-13-5-9-17-8-4-7-16-6-2-3-10-18(16)17/h2-4,6-8,10-12,14H,5,9,13H2,1H3,(H2,21,22,23,24). The maximum atomic E-state index is 5.31. The Bertz CT molecular complexity index is 822. The van der Waals surface area contributed by atoms with Crippen molar-refractivity contribution in [2.75, 3.05) is 11.9 Å². The first-order valence-corrected chi connectivity index (χ1v) is 8.57. The van der Waals surface area contributed by atoms with Crippen molar-refractivity contribution in [3.05, 3.63) is 71.9 Å². The van der Waals surface area contributed by atoms with E-state index in [9.17, 15) is 0 Å². The molecule has 0 unspecified atom stereocenters. The molecule has 0 radical (unpaired) electrons. The number of anilines is 1. The van der Waals surface area contributed by atoms with Crippen LogP contribution in [0.5, 0.6) is 0 Å². The summed E-state index contributed by atoms with van der Waals surface area (Å²) in [6.07, 6.45) is 3.88. The maximum absolute atomic E-state index is 5.31. The van der Waals surface area contributed by atoms with Crippen molar-refractivity contribution in [1.82, 2.24) is 10.3 Å². The van der Waals surface area contributed by atoms with E-state index in [2.05, 4.69) is 58.1 Å². The Hall–Kier alpha value is -2.46. The molecule has 0 aliphatic carbocycles. The van der Waals surface area contributed by atoms with Crippen molar-refractivity contribution in [1.29, 1.82) is 0 Å². The highest BCUT2D eigenvalue weighted by Gasteiger charge is 2.01. The van der Waals surface area contributed by atoms with Crippen LogP contribution in [0.2, 0.25) is 0 Å². The van der Waals surface area contributed by atoms with E-state index in [4.69, 9.17) is 12.2 Å². The van der Waals surface area contributed by atoms with Gasteiger partial charge in [-0.25, -0.2) is 4.98 Å². The van der Waals surface area contributed by atoms with Gasteiger partial charge in [0.15, 0.2) is 5.11 Å². The summed E-state index contributed by atoms with van der Waals surface area (Å²) in [4.78, 5) is 4.29. The number of benzene rings is 2. The molecule has 0 bridgehead atoms. The van der Waals surface area contributed by atoms with Gasteiger partial charge in [-0.05, 0) is 59.9 Å². The van der Waals surface area contributed by atoms with Gasteiger partial charge >= 0.3 is 0 Å². The summed E-state index contributed by atoms with van der Waals surface area (Å²) >= 11 is 5.31. The molecule has 0 aliphatic heterocycles. The predicted molar refractivity (Wildman–Crippen MR) is 105 cm³/mol. The molecule has 4 heteroatoms. The molecule has 0 saturated heterocycles. The van der Waals surface area contributed by atoms with E-state index in [0.717, 1.165) is 30.8 Å². The highest BCUT2D eigenvalue weighted by molar-refractivity contribution is 7.80. The minimum Gasteiger partial charge on any atom is -0.362 e. The van der Waals surface area contributed by atoms with Crippen LogP contribution in [0, 0.1) is 6.92 Å². The summed E-state index contributed by atoms with van der Waals surface area (Å²) in [5.74, 6) is 0.771. The molecule has 1 aromatic heterocycles. The molecule has 3 nitrogen and oxygen atoms in total. The van der Waals surface area contributed by atoms with Gasteiger partial charge in [0.05, 0.1) is 0 Å². The van der Waals surface area contributed by atoms with Crippen molar-refractivity contribution in [2.45, 2.75) is 19.8 Å². The largest absolute Gasteiger partial charge is 0.362 e. The molecule has 24 heavy (non-hydrogen) atoms. The topological polar surface area (TPSA) is 37.0 Å². The lowest BCUT2D eigenvalue weighted by molar-refractivity contribution is 0.780. The number of aromatic nitrogens is 1. The van der Waals surface area contributed by atoms with Gasteiger partial charge in [-0.15, -0.1) is 0 Å². The molecule has 3 aromatic rings. The molecule has 122 valence electrons. The molecular weight excluding hydrogens is 314 g/mol. The Morgan fingerprint density at radius 1 is 1.04 bits per heavy atom. The summed E-state index contributed by atoms with van der Waals surface area (Å²) in [5.41, 5.74) is 2.52. The van der Waals surface area contributed by atoms with Crippen molar-refractivity contribution >= 4 is 33.9 Å². The number of nitrogens with one attached hydrogen (secondary N) is 2. The van der Waals surface area contributed by atoms with Crippen LogP contribution in [-0.2, 0) is 6.42 Å². The maximum Gasteiger partial charge on any atom is 0.171 e. The second-order valence-electron chi connectivity index (χ2n) is 5.84. The van der Waals surface area contributed by atoms with Gasteiger partial charge in [-0.2, -0.15) is 0 Å². The fourth-order valence-electron chi connectivity index (χ4n) is 2.69. The summed E-state index contributed by atoms with van der Waals surface area (Å²) in [5, 5.41) is 9.60. The van der Waals surface area contributed by atoms with Crippen LogP contribution >= 0.6 is 12.2 Å². The third-order valence-corrected chi connectivity index (χ3v) is 4.19. The van der Waals surface area contributed by atoms with Gasteiger partial charge in [0, 0.05) is 12.7 Å². The van der Waals surface area contributed by atoms with Gasteiger partial charge in [0.25, 0.3) is 0 Å². The predicted octanol–water partition coefficient (Wildman–Crippen LogP) is 4.46. The fraction of sp³-hybridized carbons (Fsp3) is 0.200. The van der Waals surface area contributed by atoms with Crippen LogP contribution < -0.4 is 10.6 Å². The quantitative estimate of drug-likeness (QED) is 0.533.